The van der Waals surface area contributed by atoms with Crippen molar-refractivity contribution in [1.82, 2.24) is 0 Å². The van der Waals surface area contributed by atoms with Crippen molar-refractivity contribution in [3.63, 3.8) is 0 Å². The van der Waals surface area contributed by atoms with Crippen LogP contribution in [0.4, 0.5) is 0 Å². The Kier molecular flexibility index (Phi) is 2.11. The summed E-state index contributed by atoms with van der Waals surface area (Å²) in [6.45, 7) is 4.31. The van der Waals surface area contributed by atoms with Crippen molar-refractivity contribution in [3.8, 4) is 0 Å². The van der Waals surface area contributed by atoms with Crippen LogP contribution in [0, 0.1) is 5.41 Å². The summed E-state index contributed by atoms with van der Waals surface area (Å²) in [6, 6.07) is 0. The number of hydrogen-bond donors (Lipinski definition) is 1. The third-order valence-corrected chi connectivity index (χ3v) is 3.32. The minimum absolute atomic E-state index is 0.0784. The number of aliphatic hydroxyl groups excluding tert-OH is 1. The molecule has 0 aromatic rings. The van der Waals surface area contributed by atoms with Crippen LogP contribution in [0.2, 0.25) is 0 Å². The fourth-order valence-electron chi connectivity index (χ4n) is 2.31. The minimum atomic E-state index is -0.404. The highest BCUT2D eigenvalue weighted by Crippen LogP contribution is 2.43. The van der Waals surface area contributed by atoms with Gasteiger partial charge >= 0.3 is 0 Å². The van der Waals surface area contributed by atoms with Gasteiger partial charge in [-0.25, -0.2) is 0 Å². The molecule has 1 N–H and O–H groups in total. The topological polar surface area (TPSA) is 37.3 Å². The Morgan fingerprint density at radius 1 is 1.50 bits per heavy atom. The molecule has 0 radical (unpaired) electrons. The number of allylic oxidation sites excluding steroid dienone is 2. The number of ketones is 1. The summed E-state index contributed by atoms with van der Waals surface area (Å²) in [6.07, 6.45) is 5.30. The first kappa shape index (κ1) is 9.66. The summed E-state index contributed by atoms with van der Waals surface area (Å²) in [5.41, 5.74) is 2.07. The molecule has 2 heteroatoms. The van der Waals surface area contributed by atoms with E-state index in [0.717, 1.165) is 17.6 Å². The Bertz CT molecular complexity index is 334. The summed E-state index contributed by atoms with van der Waals surface area (Å²) < 4.78 is 0. The van der Waals surface area contributed by atoms with E-state index in [0.29, 0.717) is 12.8 Å². The molecular formula is C12H16O2. The first-order chi connectivity index (χ1) is 6.50. The van der Waals surface area contributed by atoms with E-state index in [1.807, 2.05) is 0 Å². The predicted octanol–water partition coefficient (Wildman–Crippen LogP) is 1.99. The van der Waals surface area contributed by atoms with Crippen molar-refractivity contribution in [3.05, 3.63) is 23.3 Å². The van der Waals surface area contributed by atoms with Gasteiger partial charge in [-0.2, -0.15) is 0 Å². The molecule has 0 aromatic heterocycles. The fraction of sp³-hybridized carbons (Fsp3) is 0.583. The smallest absolute Gasteiger partial charge is 0.162 e. The van der Waals surface area contributed by atoms with E-state index in [1.165, 1.54) is 0 Å². The van der Waals surface area contributed by atoms with Gasteiger partial charge in [0.2, 0.25) is 0 Å². The molecule has 0 aliphatic heterocycles. The van der Waals surface area contributed by atoms with Gasteiger partial charge in [-0.3, -0.25) is 4.79 Å². The SMILES string of the molecule is CC1(C)CCC(=O)C2=C1CC(O)C=C2. The van der Waals surface area contributed by atoms with Crippen molar-refractivity contribution in [1.29, 1.82) is 0 Å². The maximum atomic E-state index is 11.6. The largest absolute Gasteiger partial charge is 0.389 e. The van der Waals surface area contributed by atoms with Crippen LogP contribution in [0.25, 0.3) is 0 Å². The molecular weight excluding hydrogens is 176 g/mol. The number of Topliss-reactive ketones (excluding diaryl/α,β-unsaturated/α-hetero) is 1. The minimum Gasteiger partial charge on any atom is -0.389 e. The van der Waals surface area contributed by atoms with E-state index in [-0.39, 0.29) is 11.2 Å². The predicted molar refractivity (Wildman–Crippen MR) is 54.8 cm³/mol. The van der Waals surface area contributed by atoms with Gasteiger partial charge in [0.1, 0.15) is 0 Å². The summed E-state index contributed by atoms with van der Waals surface area (Å²) >= 11 is 0. The van der Waals surface area contributed by atoms with Crippen molar-refractivity contribution >= 4 is 5.78 Å². The fourth-order valence-corrected chi connectivity index (χ4v) is 2.31. The molecule has 2 rings (SSSR count). The van der Waals surface area contributed by atoms with Gasteiger partial charge in [0.15, 0.2) is 5.78 Å². The average molecular weight is 192 g/mol. The average Bonchev–Trinajstić information content (AvgIpc) is 2.12. The number of carbonyl (C=O) groups excluding carboxylic acids is 1. The van der Waals surface area contributed by atoms with Gasteiger partial charge in [-0.05, 0) is 18.3 Å². The molecule has 0 amide bonds. The highest BCUT2D eigenvalue weighted by molar-refractivity contribution is 6.00. The molecule has 0 fully saturated rings. The van der Waals surface area contributed by atoms with Gasteiger partial charge in [-0.1, -0.05) is 31.6 Å². The summed E-state index contributed by atoms with van der Waals surface area (Å²) in [5.74, 6) is 0.238. The maximum Gasteiger partial charge on any atom is 0.162 e. The Morgan fingerprint density at radius 3 is 2.93 bits per heavy atom. The molecule has 0 saturated carbocycles. The Balaban J connectivity index is 2.46. The lowest BCUT2D eigenvalue weighted by atomic mass is 9.69. The third kappa shape index (κ3) is 1.44. The Labute approximate surface area is 84.3 Å². The molecule has 2 nitrogen and oxygen atoms in total. The lowest BCUT2D eigenvalue weighted by Crippen LogP contribution is -2.29. The third-order valence-electron chi connectivity index (χ3n) is 3.32. The van der Waals surface area contributed by atoms with Crippen LogP contribution in [-0.2, 0) is 4.79 Å². The first-order valence-corrected chi connectivity index (χ1v) is 5.14. The Morgan fingerprint density at radius 2 is 2.21 bits per heavy atom. The standard InChI is InChI=1S/C12H16O2/c1-12(2)6-5-11(14)9-4-3-8(13)7-10(9)12/h3-4,8,13H,5-7H2,1-2H3. The molecule has 2 aliphatic carbocycles. The summed E-state index contributed by atoms with van der Waals surface area (Å²) in [7, 11) is 0. The van der Waals surface area contributed by atoms with Crippen molar-refractivity contribution < 1.29 is 9.90 Å². The zero-order valence-corrected chi connectivity index (χ0v) is 8.71. The molecule has 0 aromatic carbocycles. The van der Waals surface area contributed by atoms with Crippen molar-refractivity contribution in [2.75, 3.05) is 0 Å². The second kappa shape index (κ2) is 3.06. The van der Waals surface area contributed by atoms with Crippen molar-refractivity contribution in [2.24, 2.45) is 5.41 Å². The number of carbonyl (C=O) groups is 1. The van der Waals surface area contributed by atoms with Gasteiger partial charge in [0, 0.05) is 12.0 Å². The molecule has 0 spiro atoms. The van der Waals surface area contributed by atoms with E-state index in [2.05, 4.69) is 13.8 Å². The highest BCUT2D eigenvalue weighted by atomic mass is 16.3. The van der Waals surface area contributed by atoms with Crippen LogP contribution in [0.3, 0.4) is 0 Å². The van der Waals surface area contributed by atoms with Crippen LogP contribution in [0.15, 0.2) is 23.3 Å². The second-order valence-corrected chi connectivity index (χ2v) is 4.83. The lowest BCUT2D eigenvalue weighted by molar-refractivity contribution is -0.116. The van der Waals surface area contributed by atoms with Crippen LogP contribution >= 0.6 is 0 Å². The van der Waals surface area contributed by atoms with E-state index < -0.39 is 6.10 Å². The number of aliphatic hydroxyl groups is 1. The number of hydrogen-bond acceptors (Lipinski definition) is 2. The molecule has 1 atom stereocenters. The maximum absolute atomic E-state index is 11.6. The highest BCUT2D eigenvalue weighted by Gasteiger charge is 2.35. The molecule has 14 heavy (non-hydrogen) atoms. The van der Waals surface area contributed by atoms with Crippen molar-refractivity contribution in [2.45, 2.75) is 39.2 Å². The van der Waals surface area contributed by atoms with E-state index >= 15 is 0 Å². The van der Waals surface area contributed by atoms with Gasteiger partial charge in [0.05, 0.1) is 6.10 Å². The molecule has 76 valence electrons. The van der Waals surface area contributed by atoms with E-state index in [1.54, 1.807) is 12.2 Å². The molecule has 0 saturated heterocycles. The van der Waals surface area contributed by atoms with Crippen LogP contribution in [0.5, 0.6) is 0 Å². The molecule has 0 bridgehead atoms. The number of rotatable bonds is 0. The summed E-state index contributed by atoms with van der Waals surface area (Å²) in [4.78, 5) is 11.6. The molecule has 1 unspecified atom stereocenters. The van der Waals surface area contributed by atoms with Gasteiger partial charge in [-0.15, -0.1) is 0 Å². The lowest BCUT2D eigenvalue weighted by Gasteiger charge is -2.36. The quantitative estimate of drug-likeness (QED) is 0.637. The molecule has 2 aliphatic rings. The van der Waals surface area contributed by atoms with E-state index in [9.17, 15) is 9.90 Å². The monoisotopic (exact) mass is 192 g/mol. The normalized spacial score (nSPS) is 30.5. The summed E-state index contributed by atoms with van der Waals surface area (Å²) in [5, 5.41) is 9.53. The van der Waals surface area contributed by atoms with E-state index in [4.69, 9.17) is 0 Å². The molecule has 0 heterocycles. The van der Waals surface area contributed by atoms with Crippen LogP contribution in [0.1, 0.15) is 33.1 Å². The second-order valence-electron chi connectivity index (χ2n) is 4.83. The zero-order chi connectivity index (χ0) is 10.3. The Hall–Kier alpha value is -0.890. The van der Waals surface area contributed by atoms with Gasteiger partial charge in [0.25, 0.3) is 0 Å². The van der Waals surface area contributed by atoms with Gasteiger partial charge < -0.3 is 5.11 Å². The first-order valence-electron chi connectivity index (χ1n) is 5.14. The zero-order valence-electron chi connectivity index (χ0n) is 8.71. The van der Waals surface area contributed by atoms with Crippen LogP contribution in [-0.4, -0.2) is 17.0 Å². The van der Waals surface area contributed by atoms with Crippen LogP contribution < -0.4 is 0 Å².